The molecule has 21 heavy (non-hydrogen) atoms. The summed E-state index contributed by atoms with van der Waals surface area (Å²) in [4.78, 5) is 0. The van der Waals surface area contributed by atoms with Gasteiger partial charge in [-0.15, -0.1) is 0 Å². The average molecular weight is 297 g/mol. The van der Waals surface area contributed by atoms with Crippen molar-refractivity contribution in [3.63, 3.8) is 0 Å². The fourth-order valence-corrected chi connectivity index (χ4v) is 1.85. The number of alkyl halides is 3. The largest absolute Gasteiger partial charge is 0.497 e. The van der Waals surface area contributed by atoms with Gasteiger partial charge < -0.3 is 15.2 Å². The maximum Gasteiger partial charge on any atom is 0.422 e. The predicted octanol–water partition coefficient (Wildman–Crippen LogP) is 3.89. The number of halogens is 3. The minimum absolute atomic E-state index is 0.0740. The van der Waals surface area contributed by atoms with Crippen molar-refractivity contribution in [2.45, 2.75) is 6.18 Å². The summed E-state index contributed by atoms with van der Waals surface area (Å²) in [6, 6.07) is 11.6. The first-order chi connectivity index (χ1) is 9.89. The number of para-hydroxylation sites is 1. The molecule has 0 aromatic heterocycles. The van der Waals surface area contributed by atoms with E-state index in [4.69, 9.17) is 15.2 Å². The van der Waals surface area contributed by atoms with E-state index in [0.29, 0.717) is 22.6 Å². The summed E-state index contributed by atoms with van der Waals surface area (Å²) in [6.07, 6.45) is -4.39. The fourth-order valence-electron chi connectivity index (χ4n) is 1.85. The number of hydrogen-bond donors (Lipinski definition) is 1. The molecule has 2 aromatic carbocycles. The minimum atomic E-state index is -4.39. The van der Waals surface area contributed by atoms with Gasteiger partial charge in [0.25, 0.3) is 0 Å². The molecule has 0 heterocycles. The number of nitrogens with two attached hydrogens (primary N) is 1. The van der Waals surface area contributed by atoms with Crippen LogP contribution in [0.1, 0.15) is 0 Å². The van der Waals surface area contributed by atoms with Crippen molar-refractivity contribution in [2.24, 2.45) is 0 Å². The normalized spacial score (nSPS) is 11.2. The molecule has 0 radical (unpaired) electrons. The molecule has 0 aliphatic carbocycles. The third-order valence-electron chi connectivity index (χ3n) is 2.79. The van der Waals surface area contributed by atoms with Gasteiger partial charge in [0, 0.05) is 17.3 Å². The van der Waals surface area contributed by atoms with Crippen molar-refractivity contribution in [2.75, 3.05) is 19.5 Å². The Hall–Kier alpha value is -2.37. The second-order valence-corrected chi connectivity index (χ2v) is 4.39. The average Bonchev–Trinajstić information content (AvgIpc) is 2.44. The molecule has 0 spiro atoms. The molecule has 0 atom stereocenters. The highest BCUT2D eigenvalue weighted by molar-refractivity contribution is 5.77. The molecule has 0 saturated carbocycles. The minimum Gasteiger partial charge on any atom is -0.497 e. The molecule has 2 aromatic rings. The maximum absolute atomic E-state index is 12.2. The van der Waals surface area contributed by atoms with Gasteiger partial charge in [-0.2, -0.15) is 13.2 Å². The number of benzene rings is 2. The van der Waals surface area contributed by atoms with E-state index in [2.05, 4.69) is 0 Å². The third-order valence-corrected chi connectivity index (χ3v) is 2.79. The Morgan fingerprint density at radius 2 is 1.71 bits per heavy atom. The van der Waals surface area contributed by atoms with E-state index in [1.807, 2.05) is 0 Å². The first-order valence-corrected chi connectivity index (χ1v) is 6.12. The molecular formula is C15H14F3NO2. The van der Waals surface area contributed by atoms with Crippen LogP contribution >= 0.6 is 0 Å². The number of nitrogen functional groups attached to an aromatic ring is 1. The number of anilines is 1. The summed E-state index contributed by atoms with van der Waals surface area (Å²) < 4.78 is 46.6. The lowest BCUT2D eigenvalue weighted by atomic mass is 10.0. The summed E-state index contributed by atoms with van der Waals surface area (Å²) in [5.74, 6) is 0.470. The lowest BCUT2D eigenvalue weighted by Crippen LogP contribution is -2.19. The van der Waals surface area contributed by atoms with Gasteiger partial charge in [-0.05, 0) is 23.8 Å². The topological polar surface area (TPSA) is 44.5 Å². The maximum atomic E-state index is 12.2. The molecule has 0 aliphatic heterocycles. The van der Waals surface area contributed by atoms with E-state index in [-0.39, 0.29) is 5.75 Å². The first-order valence-electron chi connectivity index (χ1n) is 6.12. The summed E-state index contributed by atoms with van der Waals surface area (Å²) in [5.41, 5.74) is 7.73. The molecule has 0 unspecified atom stereocenters. The van der Waals surface area contributed by atoms with Gasteiger partial charge in [-0.25, -0.2) is 0 Å². The van der Waals surface area contributed by atoms with Crippen LogP contribution in [0.4, 0.5) is 18.9 Å². The van der Waals surface area contributed by atoms with Gasteiger partial charge in [0.1, 0.15) is 11.5 Å². The van der Waals surface area contributed by atoms with Gasteiger partial charge in [0.2, 0.25) is 0 Å². The van der Waals surface area contributed by atoms with Crippen molar-refractivity contribution in [3.05, 3.63) is 42.5 Å². The highest BCUT2D eigenvalue weighted by Gasteiger charge is 2.28. The molecule has 2 N–H and O–H groups in total. The van der Waals surface area contributed by atoms with Crippen LogP contribution in [0.5, 0.6) is 11.5 Å². The molecule has 0 fully saturated rings. The lowest BCUT2D eigenvalue weighted by Gasteiger charge is -2.13. The van der Waals surface area contributed by atoms with Crippen LogP contribution in [-0.4, -0.2) is 19.9 Å². The smallest absolute Gasteiger partial charge is 0.422 e. The van der Waals surface area contributed by atoms with Gasteiger partial charge in [-0.1, -0.05) is 18.2 Å². The van der Waals surface area contributed by atoms with Crippen LogP contribution in [0.15, 0.2) is 42.5 Å². The Kier molecular flexibility index (Phi) is 4.26. The van der Waals surface area contributed by atoms with Crippen LogP contribution < -0.4 is 15.2 Å². The van der Waals surface area contributed by atoms with Crippen LogP contribution in [-0.2, 0) is 0 Å². The SMILES string of the molecule is COc1cc(OCC(F)(F)F)cc(-c2ccccc2N)c1. The molecule has 0 bridgehead atoms. The quantitative estimate of drug-likeness (QED) is 0.871. The zero-order chi connectivity index (χ0) is 15.5. The van der Waals surface area contributed by atoms with Crippen molar-refractivity contribution >= 4 is 5.69 Å². The van der Waals surface area contributed by atoms with Crippen molar-refractivity contribution in [3.8, 4) is 22.6 Å². The molecule has 112 valence electrons. The van der Waals surface area contributed by atoms with Gasteiger partial charge in [-0.3, -0.25) is 0 Å². The van der Waals surface area contributed by atoms with E-state index in [1.54, 1.807) is 30.3 Å². The number of rotatable bonds is 4. The fraction of sp³-hybridized carbons (Fsp3) is 0.200. The lowest BCUT2D eigenvalue weighted by molar-refractivity contribution is -0.153. The zero-order valence-electron chi connectivity index (χ0n) is 11.3. The summed E-state index contributed by atoms with van der Waals surface area (Å²) >= 11 is 0. The second kappa shape index (κ2) is 5.95. The predicted molar refractivity (Wildman–Crippen MR) is 74.4 cm³/mol. The Morgan fingerprint density at radius 1 is 1.05 bits per heavy atom. The second-order valence-electron chi connectivity index (χ2n) is 4.39. The van der Waals surface area contributed by atoms with Crippen LogP contribution in [0.25, 0.3) is 11.1 Å². The van der Waals surface area contributed by atoms with E-state index in [1.165, 1.54) is 19.2 Å². The third kappa shape index (κ3) is 4.05. The van der Waals surface area contributed by atoms with Crippen molar-refractivity contribution in [1.82, 2.24) is 0 Å². The van der Waals surface area contributed by atoms with E-state index >= 15 is 0 Å². The Balaban J connectivity index is 2.36. The number of ether oxygens (including phenoxy) is 2. The zero-order valence-corrected chi connectivity index (χ0v) is 11.3. The van der Waals surface area contributed by atoms with Crippen LogP contribution in [0.3, 0.4) is 0 Å². The van der Waals surface area contributed by atoms with Crippen LogP contribution in [0.2, 0.25) is 0 Å². The summed E-state index contributed by atoms with van der Waals surface area (Å²) in [6.45, 7) is -1.36. The Labute approximate surface area is 120 Å². The summed E-state index contributed by atoms with van der Waals surface area (Å²) in [5, 5.41) is 0. The molecule has 3 nitrogen and oxygen atoms in total. The first kappa shape index (κ1) is 15.0. The number of hydrogen-bond acceptors (Lipinski definition) is 3. The molecule has 6 heteroatoms. The van der Waals surface area contributed by atoms with Crippen molar-refractivity contribution < 1.29 is 22.6 Å². The molecule has 2 rings (SSSR count). The van der Waals surface area contributed by atoms with E-state index in [0.717, 1.165) is 0 Å². The van der Waals surface area contributed by atoms with Gasteiger partial charge in [0.15, 0.2) is 6.61 Å². The molecule has 0 saturated heterocycles. The van der Waals surface area contributed by atoms with Crippen molar-refractivity contribution in [1.29, 1.82) is 0 Å². The summed E-state index contributed by atoms with van der Waals surface area (Å²) in [7, 11) is 1.43. The van der Waals surface area contributed by atoms with E-state index in [9.17, 15) is 13.2 Å². The van der Waals surface area contributed by atoms with Gasteiger partial charge in [0.05, 0.1) is 7.11 Å². The Morgan fingerprint density at radius 3 is 2.33 bits per heavy atom. The Bertz CT molecular complexity index is 627. The monoisotopic (exact) mass is 297 g/mol. The highest BCUT2D eigenvalue weighted by Crippen LogP contribution is 2.33. The standard InChI is InChI=1S/C15H14F3NO2/c1-20-11-6-10(13-4-2-3-5-14(13)19)7-12(8-11)21-9-15(16,17)18/h2-8H,9,19H2,1H3. The number of methoxy groups -OCH3 is 1. The highest BCUT2D eigenvalue weighted by atomic mass is 19.4. The molecule has 0 aliphatic rings. The van der Waals surface area contributed by atoms with Crippen LogP contribution in [0, 0.1) is 0 Å². The van der Waals surface area contributed by atoms with E-state index < -0.39 is 12.8 Å². The van der Waals surface area contributed by atoms with Gasteiger partial charge >= 0.3 is 6.18 Å². The molecular weight excluding hydrogens is 283 g/mol. The molecule has 0 amide bonds.